The van der Waals surface area contributed by atoms with Gasteiger partial charge in [0.1, 0.15) is 5.82 Å². The zero-order valence-corrected chi connectivity index (χ0v) is 14.4. The molecule has 1 atom stereocenters. The van der Waals surface area contributed by atoms with Crippen molar-refractivity contribution in [2.24, 2.45) is 5.92 Å². The number of aromatic nitrogens is 1. The van der Waals surface area contributed by atoms with Gasteiger partial charge >= 0.3 is 0 Å². The maximum absolute atomic E-state index is 12.1. The van der Waals surface area contributed by atoms with E-state index in [1.165, 1.54) is 8.61 Å². The van der Waals surface area contributed by atoms with Crippen molar-refractivity contribution in [3.63, 3.8) is 0 Å². The quantitative estimate of drug-likeness (QED) is 0.828. The monoisotopic (exact) mass is 340 g/mol. The van der Waals surface area contributed by atoms with Crippen molar-refractivity contribution < 1.29 is 13.2 Å². The summed E-state index contributed by atoms with van der Waals surface area (Å²) in [6.45, 7) is 2.45. The van der Waals surface area contributed by atoms with Gasteiger partial charge in [-0.25, -0.2) is 4.98 Å². The lowest BCUT2D eigenvalue weighted by Gasteiger charge is -2.49. The van der Waals surface area contributed by atoms with Crippen LogP contribution in [0.4, 0.5) is 5.82 Å². The number of pyridine rings is 1. The highest BCUT2D eigenvalue weighted by Gasteiger charge is 2.56. The number of rotatable bonds is 6. The Bertz CT molecular complexity index is 629. The molecule has 8 heteroatoms. The minimum absolute atomic E-state index is 0.297. The number of ether oxygens (including phenoxy) is 1. The lowest BCUT2D eigenvalue weighted by atomic mass is 9.80. The number of hydrogen-bond acceptors (Lipinski definition) is 5. The Kier molecular flexibility index (Phi) is 4.59. The summed E-state index contributed by atoms with van der Waals surface area (Å²) >= 11 is 0. The van der Waals surface area contributed by atoms with Gasteiger partial charge < -0.3 is 10.1 Å². The van der Waals surface area contributed by atoms with Gasteiger partial charge in [-0.05, 0) is 30.9 Å². The highest BCUT2D eigenvalue weighted by atomic mass is 32.2. The van der Waals surface area contributed by atoms with Crippen LogP contribution < -0.4 is 5.32 Å². The zero-order valence-electron chi connectivity index (χ0n) is 13.6. The summed E-state index contributed by atoms with van der Waals surface area (Å²) < 4.78 is 33.0. The SMILES string of the molecule is CN(C)S(=O)(=O)N1CC2(C1)OCC[C@@H]2CCNc1ccccn1. The molecule has 0 unspecified atom stereocenters. The Morgan fingerprint density at radius 3 is 2.87 bits per heavy atom. The van der Waals surface area contributed by atoms with Gasteiger partial charge in [0.15, 0.2) is 0 Å². The molecule has 0 radical (unpaired) electrons. The molecule has 0 saturated carbocycles. The second-order valence-electron chi connectivity index (χ2n) is 6.39. The number of nitrogens with one attached hydrogen (secondary N) is 1. The predicted molar refractivity (Wildman–Crippen MR) is 88.3 cm³/mol. The largest absolute Gasteiger partial charge is 0.372 e. The van der Waals surface area contributed by atoms with Crippen molar-refractivity contribution in [3.8, 4) is 0 Å². The van der Waals surface area contributed by atoms with Crippen LogP contribution in [0, 0.1) is 5.92 Å². The van der Waals surface area contributed by atoms with Crippen molar-refractivity contribution in [3.05, 3.63) is 24.4 Å². The van der Waals surface area contributed by atoms with E-state index in [0.29, 0.717) is 25.6 Å². The van der Waals surface area contributed by atoms with Crippen LogP contribution in [0.15, 0.2) is 24.4 Å². The molecule has 1 N–H and O–H groups in total. The molecular formula is C15H24N4O3S. The minimum atomic E-state index is -3.33. The third kappa shape index (κ3) is 3.21. The molecule has 2 saturated heterocycles. The third-order valence-corrected chi connectivity index (χ3v) is 6.57. The molecule has 3 heterocycles. The molecular weight excluding hydrogens is 316 g/mol. The molecule has 2 aliphatic rings. The summed E-state index contributed by atoms with van der Waals surface area (Å²) in [5.41, 5.74) is -0.297. The second kappa shape index (κ2) is 6.35. The maximum Gasteiger partial charge on any atom is 0.281 e. The van der Waals surface area contributed by atoms with Gasteiger partial charge in [-0.15, -0.1) is 0 Å². The fourth-order valence-corrected chi connectivity index (χ4v) is 4.55. The zero-order chi connectivity index (χ0) is 16.5. The molecule has 0 amide bonds. The molecule has 1 aromatic rings. The van der Waals surface area contributed by atoms with Crippen LogP contribution in [0.2, 0.25) is 0 Å². The second-order valence-corrected chi connectivity index (χ2v) is 8.53. The van der Waals surface area contributed by atoms with E-state index in [9.17, 15) is 8.42 Å². The topological polar surface area (TPSA) is 74.8 Å². The van der Waals surface area contributed by atoms with Crippen LogP contribution in [-0.4, -0.2) is 67.9 Å². The van der Waals surface area contributed by atoms with E-state index in [2.05, 4.69) is 10.3 Å². The molecule has 7 nitrogen and oxygen atoms in total. The predicted octanol–water partition coefficient (Wildman–Crippen LogP) is 0.781. The van der Waals surface area contributed by atoms with E-state index in [-0.39, 0.29) is 5.60 Å². The Hall–Kier alpha value is -1.22. The maximum atomic E-state index is 12.1. The van der Waals surface area contributed by atoms with Crippen molar-refractivity contribution in [1.82, 2.24) is 13.6 Å². The first-order chi connectivity index (χ1) is 10.9. The van der Waals surface area contributed by atoms with E-state index in [1.54, 1.807) is 20.3 Å². The average Bonchev–Trinajstić information content (AvgIpc) is 2.90. The number of nitrogens with zero attached hydrogens (tertiary/aromatic N) is 3. The van der Waals surface area contributed by atoms with Gasteiger partial charge in [0.25, 0.3) is 10.2 Å². The third-order valence-electron chi connectivity index (χ3n) is 4.74. The van der Waals surface area contributed by atoms with Crippen molar-refractivity contribution in [2.75, 3.05) is 45.7 Å². The molecule has 3 rings (SSSR count). The van der Waals surface area contributed by atoms with E-state index in [0.717, 1.165) is 25.2 Å². The van der Waals surface area contributed by atoms with Crippen molar-refractivity contribution in [2.45, 2.75) is 18.4 Å². The van der Waals surface area contributed by atoms with Crippen LogP contribution in [0.25, 0.3) is 0 Å². The summed E-state index contributed by atoms with van der Waals surface area (Å²) in [7, 11) is -0.210. The Balaban J connectivity index is 1.53. The molecule has 1 aromatic heterocycles. The van der Waals surface area contributed by atoms with Crippen LogP contribution in [-0.2, 0) is 14.9 Å². The summed E-state index contributed by atoms with van der Waals surface area (Å²) in [6, 6.07) is 5.78. The molecule has 0 bridgehead atoms. The Labute approximate surface area is 137 Å². The molecule has 0 aromatic carbocycles. The lowest BCUT2D eigenvalue weighted by molar-refractivity contribution is -0.103. The molecule has 1 spiro atoms. The van der Waals surface area contributed by atoms with Crippen molar-refractivity contribution in [1.29, 1.82) is 0 Å². The molecule has 2 fully saturated rings. The lowest BCUT2D eigenvalue weighted by Crippen LogP contribution is -2.67. The fourth-order valence-electron chi connectivity index (χ4n) is 3.33. The van der Waals surface area contributed by atoms with Gasteiger partial charge in [0, 0.05) is 46.5 Å². The minimum Gasteiger partial charge on any atom is -0.372 e. The number of anilines is 1. The van der Waals surface area contributed by atoms with Crippen LogP contribution in [0.1, 0.15) is 12.8 Å². The van der Waals surface area contributed by atoms with Gasteiger partial charge in [-0.1, -0.05) is 6.07 Å². The smallest absolute Gasteiger partial charge is 0.281 e. The van der Waals surface area contributed by atoms with Crippen molar-refractivity contribution >= 4 is 16.0 Å². The van der Waals surface area contributed by atoms with Gasteiger partial charge in [0.05, 0.1) is 5.60 Å². The first-order valence-corrected chi connectivity index (χ1v) is 9.30. The van der Waals surface area contributed by atoms with E-state index < -0.39 is 10.2 Å². The van der Waals surface area contributed by atoms with Gasteiger partial charge in [0.2, 0.25) is 0 Å². The van der Waals surface area contributed by atoms with Gasteiger partial charge in [-0.2, -0.15) is 17.0 Å². The Morgan fingerprint density at radius 2 is 2.22 bits per heavy atom. The summed E-state index contributed by atoms with van der Waals surface area (Å²) in [5.74, 6) is 1.25. The first-order valence-electron chi connectivity index (χ1n) is 7.90. The molecule has 128 valence electrons. The van der Waals surface area contributed by atoms with Crippen LogP contribution in [0.5, 0.6) is 0 Å². The summed E-state index contributed by atoms with van der Waals surface area (Å²) in [4.78, 5) is 4.24. The normalized spacial score (nSPS) is 24.0. The summed E-state index contributed by atoms with van der Waals surface area (Å²) in [6.07, 6.45) is 3.70. The van der Waals surface area contributed by atoms with Gasteiger partial charge in [-0.3, -0.25) is 0 Å². The molecule has 23 heavy (non-hydrogen) atoms. The van der Waals surface area contributed by atoms with Crippen LogP contribution in [0.3, 0.4) is 0 Å². The summed E-state index contributed by atoms with van der Waals surface area (Å²) in [5, 5.41) is 3.31. The highest BCUT2D eigenvalue weighted by Crippen LogP contribution is 2.42. The first kappa shape index (κ1) is 16.6. The standard InChI is InChI=1S/C15H24N4O3S/c1-18(2)23(20,21)19-11-15(12-19)13(7-10-22-15)6-9-17-14-5-3-4-8-16-14/h3-5,8,13H,6-7,9-12H2,1-2H3,(H,16,17)/t13-/m0/s1. The fraction of sp³-hybridized carbons (Fsp3) is 0.667. The number of hydrogen-bond donors (Lipinski definition) is 1. The Morgan fingerprint density at radius 1 is 1.43 bits per heavy atom. The van der Waals surface area contributed by atoms with E-state index >= 15 is 0 Å². The molecule has 2 aliphatic heterocycles. The highest BCUT2D eigenvalue weighted by molar-refractivity contribution is 7.86. The van der Waals surface area contributed by atoms with E-state index in [4.69, 9.17) is 4.74 Å². The van der Waals surface area contributed by atoms with E-state index in [1.807, 2.05) is 18.2 Å². The molecule has 0 aliphatic carbocycles. The average molecular weight is 340 g/mol. The van der Waals surface area contributed by atoms with Crippen LogP contribution >= 0.6 is 0 Å².